The molecule has 0 saturated heterocycles. The Hall–Kier alpha value is -3.81. The lowest BCUT2D eigenvalue weighted by Gasteiger charge is -2.15. The Bertz CT molecular complexity index is 1290. The summed E-state index contributed by atoms with van der Waals surface area (Å²) in [6.45, 7) is 0. The molecule has 1 N–H and O–H groups in total. The molecule has 0 fully saturated rings. The Kier molecular flexibility index (Phi) is 6.92. The van der Waals surface area contributed by atoms with E-state index < -0.39 is 11.8 Å². The second-order valence-corrected chi connectivity index (χ2v) is 7.64. The van der Waals surface area contributed by atoms with Crippen molar-refractivity contribution in [2.24, 2.45) is 5.10 Å². The highest BCUT2D eigenvalue weighted by molar-refractivity contribution is 6.30. The molecule has 0 aliphatic carbocycles. The number of hydrogen-bond acceptors (Lipinski definition) is 5. The van der Waals surface area contributed by atoms with E-state index >= 15 is 0 Å². The van der Waals surface area contributed by atoms with Crippen LogP contribution < -0.4 is 0 Å². The number of halogens is 2. The van der Waals surface area contributed by atoms with Crippen molar-refractivity contribution in [1.82, 2.24) is 20.2 Å². The van der Waals surface area contributed by atoms with Crippen LogP contribution in [0.15, 0.2) is 84.4 Å². The fourth-order valence-corrected chi connectivity index (χ4v) is 3.34. The van der Waals surface area contributed by atoms with Crippen molar-refractivity contribution in [2.45, 2.75) is 5.88 Å². The number of nitrogens with zero attached hydrogens (tertiary/aromatic N) is 4. The minimum absolute atomic E-state index is 0.276. The van der Waals surface area contributed by atoms with Crippen LogP contribution in [0.3, 0.4) is 0 Å². The number of H-pyrrole nitrogens is 1. The predicted octanol–water partition coefficient (Wildman–Crippen LogP) is 5.18. The molecule has 164 valence electrons. The van der Waals surface area contributed by atoms with Crippen LogP contribution >= 0.6 is 23.2 Å². The van der Waals surface area contributed by atoms with Gasteiger partial charge >= 0.3 is 0 Å². The SMILES string of the molecule is O=C(c1ccncc1)N(/N=C/c1cn[nH]c1-c1ccc(Cl)cc1)C(=O)c1ccc(CCl)cc1. The molecule has 2 heterocycles. The van der Waals surface area contributed by atoms with Gasteiger partial charge < -0.3 is 0 Å². The summed E-state index contributed by atoms with van der Waals surface area (Å²) < 4.78 is 0. The maximum absolute atomic E-state index is 13.2. The molecule has 0 aliphatic rings. The first kappa shape index (κ1) is 22.4. The van der Waals surface area contributed by atoms with Gasteiger partial charge in [-0.05, 0) is 42.0 Å². The number of amides is 2. The number of imide groups is 1. The molecule has 0 bridgehead atoms. The Morgan fingerprint density at radius 2 is 1.58 bits per heavy atom. The normalized spacial score (nSPS) is 11.0. The molecule has 0 spiro atoms. The van der Waals surface area contributed by atoms with E-state index in [0.29, 0.717) is 27.7 Å². The first-order valence-corrected chi connectivity index (χ1v) is 10.7. The lowest BCUT2D eigenvalue weighted by molar-refractivity contribution is 0.0622. The summed E-state index contributed by atoms with van der Waals surface area (Å²) >= 11 is 11.8. The second kappa shape index (κ2) is 10.2. The molecule has 2 aromatic carbocycles. The summed E-state index contributed by atoms with van der Waals surface area (Å²) in [6.07, 6.45) is 5.92. The smallest absolute Gasteiger partial charge is 0.277 e. The monoisotopic (exact) mass is 477 g/mol. The molecule has 7 nitrogen and oxygen atoms in total. The molecular formula is C24H17Cl2N5O2. The van der Waals surface area contributed by atoms with Gasteiger partial charge in [0.15, 0.2) is 0 Å². The average Bonchev–Trinajstić information content (AvgIpc) is 3.33. The molecule has 4 rings (SSSR count). The summed E-state index contributed by atoms with van der Waals surface area (Å²) in [5.74, 6) is -0.845. The van der Waals surface area contributed by atoms with Crippen molar-refractivity contribution in [3.8, 4) is 11.3 Å². The van der Waals surface area contributed by atoms with Crippen LogP contribution in [0.2, 0.25) is 5.02 Å². The highest BCUT2D eigenvalue weighted by Crippen LogP contribution is 2.22. The third-order valence-electron chi connectivity index (χ3n) is 4.78. The van der Waals surface area contributed by atoms with Crippen molar-refractivity contribution in [3.63, 3.8) is 0 Å². The fraction of sp³-hybridized carbons (Fsp3) is 0.0417. The first-order valence-electron chi connectivity index (χ1n) is 9.84. The summed E-state index contributed by atoms with van der Waals surface area (Å²) in [5, 5.41) is 12.6. The van der Waals surface area contributed by atoms with E-state index in [-0.39, 0.29) is 5.56 Å². The zero-order valence-corrected chi connectivity index (χ0v) is 18.7. The molecule has 9 heteroatoms. The van der Waals surface area contributed by atoms with Crippen LogP contribution in [-0.4, -0.2) is 38.2 Å². The van der Waals surface area contributed by atoms with E-state index in [0.717, 1.165) is 16.1 Å². The van der Waals surface area contributed by atoms with Crippen LogP contribution in [0.25, 0.3) is 11.3 Å². The molecular weight excluding hydrogens is 461 g/mol. The number of rotatable bonds is 6. The average molecular weight is 478 g/mol. The summed E-state index contributed by atoms with van der Waals surface area (Å²) in [7, 11) is 0. The number of nitrogens with one attached hydrogen (secondary N) is 1. The van der Waals surface area contributed by atoms with Gasteiger partial charge in [-0.3, -0.25) is 19.7 Å². The molecule has 0 unspecified atom stereocenters. The van der Waals surface area contributed by atoms with E-state index in [9.17, 15) is 9.59 Å². The largest absolute Gasteiger partial charge is 0.281 e. The van der Waals surface area contributed by atoms with E-state index in [4.69, 9.17) is 23.2 Å². The molecule has 0 atom stereocenters. The van der Waals surface area contributed by atoms with Crippen LogP contribution in [0.1, 0.15) is 31.8 Å². The number of pyridine rings is 1. The predicted molar refractivity (Wildman–Crippen MR) is 127 cm³/mol. The van der Waals surface area contributed by atoms with Gasteiger partial charge in [0.25, 0.3) is 11.8 Å². The Balaban J connectivity index is 1.69. The van der Waals surface area contributed by atoms with Crippen molar-refractivity contribution >= 4 is 41.2 Å². The first-order chi connectivity index (χ1) is 16.1. The Morgan fingerprint density at radius 1 is 0.939 bits per heavy atom. The summed E-state index contributed by atoms with van der Waals surface area (Å²) in [4.78, 5) is 30.3. The molecule has 2 amide bonds. The minimum Gasteiger partial charge on any atom is -0.277 e. The van der Waals surface area contributed by atoms with E-state index in [2.05, 4.69) is 20.3 Å². The van der Waals surface area contributed by atoms with Crippen molar-refractivity contribution in [1.29, 1.82) is 0 Å². The lowest BCUT2D eigenvalue weighted by atomic mass is 10.1. The van der Waals surface area contributed by atoms with E-state index in [1.165, 1.54) is 30.7 Å². The van der Waals surface area contributed by atoms with E-state index in [1.54, 1.807) is 42.6 Å². The van der Waals surface area contributed by atoms with Gasteiger partial charge in [-0.1, -0.05) is 35.9 Å². The van der Waals surface area contributed by atoms with Crippen LogP contribution in [0.5, 0.6) is 0 Å². The zero-order chi connectivity index (χ0) is 23.2. The molecule has 2 aromatic heterocycles. The van der Waals surface area contributed by atoms with Gasteiger partial charge in [-0.15, -0.1) is 11.6 Å². The summed E-state index contributed by atoms with van der Waals surface area (Å²) in [6, 6.07) is 16.9. The number of carbonyl (C=O) groups is 2. The van der Waals surface area contributed by atoms with Gasteiger partial charge in [0.1, 0.15) is 0 Å². The summed E-state index contributed by atoms with van der Waals surface area (Å²) in [5.41, 5.74) is 3.52. The van der Waals surface area contributed by atoms with Crippen molar-refractivity contribution in [2.75, 3.05) is 0 Å². The van der Waals surface area contributed by atoms with Crippen LogP contribution in [-0.2, 0) is 5.88 Å². The highest BCUT2D eigenvalue weighted by atomic mass is 35.5. The van der Waals surface area contributed by atoms with E-state index in [1.807, 2.05) is 12.1 Å². The van der Waals surface area contributed by atoms with Gasteiger partial charge in [0, 0.05) is 45.6 Å². The number of aromatic amines is 1. The van der Waals surface area contributed by atoms with Crippen LogP contribution in [0.4, 0.5) is 0 Å². The second-order valence-electron chi connectivity index (χ2n) is 6.94. The number of carbonyl (C=O) groups excluding carboxylic acids is 2. The quantitative estimate of drug-likeness (QED) is 0.179. The van der Waals surface area contributed by atoms with Crippen molar-refractivity contribution < 1.29 is 9.59 Å². The number of hydrogen-bond donors (Lipinski definition) is 1. The molecule has 4 aromatic rings. The Morgan fingerprint density at radius 3 is 2.21 bits per heavy atom. The van der Waals surface area contributed by atoms with Gasteiger partial charge in [0.05, 0.1) is 18.1 Å². The van der Waals surface area contributed by atoms with Gasteiger partial charge in [0.2, 0.25) is 0 Å². The molecule has 0 aliphatic heterocycles. The van der Waals surface area contributed by atoms with Crippen molar-refractivity contribution in [3.05, 3.63) is 107 Å². The fourth-order valence-electron chi connectivity index (χ4n) is 3.03. The lowest BCUT2D eigenvalue weighted by Crippen LogP contribution is -2.32. The minimum atomic E-state index is -0.586. The maximum Gasteiger partial charge on any atom is 0.281 e. The van der Waals surface area contributed by atoms with Gasteiger partial charge in [-0.25, -0.2) is 0 Å². The number of aromatic nitrogens is 3. The molecule has 0 saturated carbocycles. The zero-order valence-electron chi connectivity index (χ0n) is 17.2. The van der Waals surface area contributed by atoms with Gasteiger partial charge in [-0.2, -0.15) is 15.2 Å². The third kappa shape index (κ3) is 5.16. The van der Waals surface area contributed by atoms with Crippen LogP contribution in [0, 0.1) is 0 Å². The Labute approximate surface area is 199 Å². The maximum atomic E-state index is 13.2. The third-order valence-corrected chi connectivity index (χ3v) is 5.34. The standard InChI is InChI=1S/C24H17Cl2N5O2/c25-13-16-1-3-18(4-2-16)23(32)31(24(33)19-9-11-27-12-10-19)29-15-20-14-28-30-22(20)17-5-7-21(26)8-6-17/h1-12,14-15H,13H2,(H,28,30)/b29-15+. The molecule has 0 radical (unpaired) electrons. The number of benzene rings is 2. The number of hydrazone groups is 1. The molecule has 33 heavy (non-hydrogen) atoms. The highest BCUT2D eigenvalue weighted by Gasteiger charge is 2.24. The number of alkyl halides is 1. The topological polar surface area (TPSA) is 91.3 Å².